The quantitative estimate of drug-likeness (QED) is 0.604. The summed E-state index contributed by atoms with van der Waals surface area (Å²) >= 11 is 1.21. The number of carbonyl (C=O) groups is 1. The van der Waals surface area contributed by atoms with E-state index in [4.69, 9.17) is 10.2 Å². The van der Waals surface area contributed by atoms with Gasteiger partial charge >= 0.3 is 6.61 Å². The molecule has 174 valence electrons. The minimum atomic E-state index is -2.84. The second-order valence-electron chi connectivity index (χ2n) is 9.07. The third-order valence-corrected chi connectivity index (χ3v) is 6.07. The summed E-state index contributed by atoms with van der Waals surface area (Å²) in [5.41, 5.74) is 6.49. The summed E-state index contributed by atoms with van der Waals surface area (Å²) in [6.45, 7) is 6.48. The number of alkyl halides is 2. The van der Waals surface area contributed by atoms with Crippen LogP contribution in [-0.4, -0.2) is 39.4 Å². The summed E-state index contributed by atoms with van der Waals surface area (Å²) < 4.78 is 35.1. The first kappa shape index (κ1) is 24.3. The number of ketones is 1. The number of amidine groups is 1. The molecule has 1 aliphatic heterocycles. The number of oxazole rings is 1. The molecule has 0 spiro atoms. The van der Waals surface area contributed by atoms with Crippen LogP contribution in [0.4, 0.5) is 8.78 Å². The van der Waals surface area contributed by atoms with Crippen molar-refractivity contribution in [2.75, 3.05) is 6.61 Å². The molecule has 3 heterocycles. The lowest BCUT2D eigenvalue weighted by molar-refractivity contribution is -0.128. The maximum atomic E-state index is 13.0. The summed E-state index contributed by atoms with van der Waals surface area (Å²) in [5, 5.41) is 0.00354. The van der Waals surface area contributed by atoms with Crippen LogP contribution in [0, 0.1) is 6.92 Å². The number of hydrogen-bond acceptors (Lipinski definition) is 8. The maximum Gasteiger partial charge on any atom is 0.345 e. The van der Waals surface area contributed by atoms with Gasteiger partial charge in [-0.15, -0.1) is 0 Å². The molecule has 0 saturated heterocycles. The van der Waals surface area contributed by atoms with E-state index in [0.29, 0.717) is 29.5 Å². The Balaban J connectivity index is 1.83. The molecule has 2 aromatic rings. The van der Waals surface area contributed by atoms with Gasteiger partial charge in [0.25, 0.3) is 0 Å². The van der Waals surface area contributed by atoms with Crippen LogP contribution in [-0.2, 0) is 22.1 Å². The van der Waals surface area contributed by atoms with Crippen molar-refractivity contribution in [3.63, 3.8) is 0 Å². The number of carbonyl (C=O) groups excluding carboxylic acids is 1. The number of nitrogens with two attached hydrogens (primary N) is 1. The molecule has 0 saturated carbocycles. The summed E-state index contributed by atoms with van der Waals surface area (Å²) in [6.07, 6.45) is 2.15. The maximum absolute atomic E-state index is 13.0. The van der Waals surface area contributed by atoms with Crippen LogP contribution in [0.3, 0.4) is 0 Å². The highest BCUT2D eigenvalue weighted by Gasteiger charge is 2.37. The predicted octanol–water partition coefficient (Wildman–Crippen LogP) is 4.38. The summed E-state index contributed by atoms with van der Waals surface area (Å²) in [7, 11) is 0. The molecule has 0 unspecified atom stereocenters. The van der Waals surface area contributed by atoms with Gasteiger partial charge in [-0.1, -0.05) is 32.5 Å². The zero-order valence-corrected chi connectivity index (χ0v) is 19.6. The molecular formula is C22H28F2N4O3S. The second-order valence-corrected chi connectivity index (χ2v) is 10.4. The lowest BCUT2D eigenvalue weighted by atomic mass is 9.89. The Hall–Kier alpha value is -2.33. The molecule has 2 aromatic heterocycles. The molecule has 7 nitrogen and oxygen atoms in total. The molecule has 0 fully saturated rings. The van der Waals surface area contributed by atoms with Crippen molar-refractivity contribution < 1.29 is 22.7 Å². The van der Waals surface area contributed by atoms with Gasteiger partial charge in [0.15, 0.2) is 16.8 Å². The standard InChI is InChI=1S/C22H28F2N4O3S/c1-12-27-17(18(31-12)21(2,3)4)15(29)8-13-6-7-26-16(9-13)22(5)10-14(11-30-19(23)24)32-20(25)28-22/h6-7,9,14,19H,8,10-11H2,1-5H3,(H2,25,28)/t14-,22-/m0/s1. The lowest BCUT2D eigenvalue weighted by Crippen LogP contribution is -2.36. The first-order valence-corrected chi connectivity index (χ1v) is 11.1. The molecule has 2 atom stereocenters. The van der Waals surface area contributed by atoms with Gasteiger partial charge in [-0.3, -0.25) is 9.78 Å². The number of aliphatic imine (C=N–C) groups is 1. The van der Waals surface area contributed by atoms with Crippen LogP contribution >= 0.6 is 11.8 Å². The molecule has 0 bridgehead atoms. The van der Waals surface area contributed by atoms with Crippen molar-refractivity contribution in [1.29, 1.82) is 0 Å². The summed E-state index contributed by atoms with van der Waals surface area (Å²) in [6, 6.07) is 3.57. The molecule has 0 radical (unpaired) electrons. The van der Waals surface area contributed by atoms with E-state index in [2.05, 4.69) is 19.7 Å². The molecule has 0 aliphatic carbocycles. The number of pyridine rings is 1. The SMILES string of the molecule is Cc1nc(C(=O)Cc2ccnc([C@]3(C)C[C@@H](COC(F)F)SC(N)=N3)c2)c(C(C)(C)C)o1. The van der Waals surface area contributed by atoms with Crippen LogP contribution in [0.2, 0.25) is 0 Å². The third kappa shape index (κ3) is 5.72. The number of rotatable bonds is 7. The molecule has 1 aliphatic rings. The van der Waals surface area contributed by atoms with Crippen LogP contribution < -0.4 is 5.73 Å². The molecule has 10 heteroatoms. The van der Waals surface area contributed by atoms with E-state index >= 15 is 0 Å². The second kappa shape index (κ2) is 9.27. The Morgan fingerprint density at radius 1 is 1.44 bits per heavy atom. The summed E-state index contributed by atoms with van der Waals surface area (Å²) in [4.78, 5) is 26.3. The first-order valence-electron chi connectivity index (χ1n) is 10.3. The fourth-order valence-corrected chi connectivity index (χ4v) is 4.83. The van der Waals surface area contributed by atoms with E-state index in [1.54, 1.807) is 25.3 Å². The van der Waals surface area contributed by atoms with Crippen molar-refractivity contribution >= 4 is 22.7 Å². The molecule has 32 heavy (non-hydrogen) atoms. The fourth-order valence-electron chi connectivity index (χ4n) is 3.68. The molecule has 0 aromatic carbocycles. The number of aryl methyl sites for hydroxylation is 1. The smallest absolute Gasteiger partial charge is 0.345 e. The Morgan fingerprint density at radius 2 is 2.16 bits per heavy atom. The first-order chi connectivity index (χ1) is 14.9. The third-order valence-electron chi connectivity index (χ3n) is 5.10. The highest BCUT2D eigenvalue weighted by molar-refractivity contribution is 8.14. The number of thioether (sulfide) groups is 1. The highest BCUT2D eigenvalue weighted by Crippen LogP contribution is 2.38. The van der Waals surface area contributed by atoms with Crippen molar-refractivity contribution in [3.05, 3.63) is 46.9 Å². The van der Waals surface area contributed by atoms with Crippen molar-refractivity contribution in [3.8, 4) is 0 Å². The van der Waals surface area contributed by atoms with Gasteiger partial charge in [-0.05, 0) is 31.0 Å². The summed E-state index contributed by atoms with van der Waals surface area (Å²) in [5.74, 6) is 0.854. The van der Waals surface area contributed by atoms with Crippen molar-refractivity contribution in [1.82, 2.24) is 9.97 Å². The molecule has 2 N–H and O–H groups in total. The zero-order chi connectivity index (χ0) is 23.7. The fraction of sp³-hybridized carbons (Fsp3) is 0.545. The lowest BCUT2D eigenvalue weighted by Gasteiger charge is -2.33. The molecule has 0 amide bonds. The van der Waals surface area contributed by atoms with Crippen LogP contribution in [0.5, 0.6) is 0 Å². The topological polar surface area (TPSA) is 104 Å². The van der Waals surface area contributed by atoms with E-state index < -0.39 is 12.2 Å². The van der Waals surface area contributed by atoms with Gasteiger partial charge in [-0.25, -0.2) is 9.98 Å². The minimum absolute atomic E-state index is 0.118. The van der Waals surface area contributed by atoms with Gasteiger partial charge in [0, 0.05) is 30.2 Å². The largest absolute Gasteiger partial charge is 0.445 e. The minimum Gasteiger partial charge on any atom is -0.445 e. The number of hydrogen-bond donors (Lipinski definition) is 1. The van der Waals surface area contributed by atoms with E-state index in [-0.39, 0.29) is 34.6 Å². The van der Waals surface area contributed by atoms with Crippen LogP contribution in [0.15, 0.2) is 27.7 Å². The highest BCUT2D eigenvalue weighted by atomic mass is 32.2. The monoisotopic (exact) mass is 466 g/mol. The Kier molecular flexibility index (Phi) is 7.04. The van der Waals surface area contributed by atoms with E-state index in [9.17, 15) is 13.6 Å². The van der Waals surface area contributed by atoms with Crippen molar-refractivity contribution in [2.24, 2.45) is 10.7 Å². The van der Waals surface area contributed by atoms with Gasteiger partial charge in [0.2, 0.25) is 0 Å². The number of halogens is 2. The zero-order valence-electron chi connectivity index (χ0n) is 18.8. The van der Waals surface area contributed by atoms with Crippen LogP contribution in [0.25, 0.3) is 0 Å². The average Bonchev–Trinajstić information content (AvgIpc) is 3.08. The Morgan fingerprint density at radius 3 is 2.81 bits per heavy atom. The molecular weight excluding hydrogens is 438 g/mol. The average molecular weight is 467 g/mol. The number of aromatic nitrogens is 2. The van der Waals surface area contributed by atoms with E-state index in [1.165, 1.54) is 11.8 Å². The van der Waals surface area contributed by atoms with E-state index in [1.807, 2.05) is 27.7 Å². The van der Waals surface area contributed by atoms with Gasteiger partial charge < -0.3 is 14.9 Å². The normalized spacial score (nSPS) is 21.6. The van der Waals surface area contributed by atoms with Gasteiger partial charge in [0.05, 0.1) is 12.3 Å². The number of Topliss-reactive ketones (excluding diaryl/α,β-unsaturated/α-hetero) is 1. The van der Waals surface area contributed by atoms with E-state index in [0.717, 1.165) is 5.56 Å². The predicted molar refractivity (Wildman–Crippen MR) is 119 cm³/mol. The van der Waals surface area contributed by atoms with Gasteiger partial charge in [0.1, 0.15) is 17.0 Å². The molecule has 3 rings (SSSR count). The number of ether oxygens (including phenoxy) is 1. The van der Waals surface area contributed by atoms with Crippen LogP contribution in [0.1, 0.15) is 67.5 Å². The Labute approximate surface area is 190 Å². The van der Waals surface area contributed by atoms with Crippen molar-refractivity contribution in [2.45, 2.75) is 70.3 Å². The van der Waals surface area contributed by atoms with Gasteiger partial charge in [-0.2, -0.15) is 8.78 Å². The number of nitrogens with zero attached hydrogens (tertiary/aromatic N) is 3. The Bertz CT molecular complexity index is 1020.